The summed E-state index contributed by atoms with van der Waals surface area (Å²) >= 11 is 0. The van der Waals surface area contributed by atoms with Crippen LogP contribution in [0.4, 0.5) is 4.39 Å². The number of phenolic OH excluding ortho intramolecular Hbond substituents is 1. The summed E-state index contributed by atoms with van der Waals surface area (Å²) in [4.78, 5) is 10.2. The van der Waals surface area contributed by atoms with Gasteiger partial charge < -0.3 is 10.2 Å². The Morgan fingerprint density at radius 2 is 2.15 bits per heavy atom. The zero-order chi connectivity index (χ0) is 9.84. The number of carboxylic acids is 1. The second-order valence-electron chi connectivity index (χ2n) is 2.67. The number of hydrogen-bond donors (Lipinski definition) is 2. The van der Waals surface area contributed by atoms with E-state index in [9.17, 15) is 14.3 Å². The van der Waals surface area contributed by atoms with E-state index in [4.69, 9.17) is 5.11 Å². The first-order chi connectivity index (χ1) is 6.09. The second kappa shape index (κ2) is 3.89. The van der Waals surface area contributed by atoms with Crippen molar-refractivity contribution < 1.29 is 19.4 Å². The van der Waals surface area contributed by atoms with Gasteiger partial charge >= 0.3 is 5.97 Å². The molecule has 2 N–H and O–H groups in total. The lowest BCUT2D eigenvalue weighted by Gasteiger charge is -2.01. The molecule has 0 aliphatic rings. The zero-order valence-corrected chi connectivity index (χ0v) is 6.83. The van der Waals surface area contributed by atoms with Gasteiger partial charge in [0.15, 0.2) is 0 Å². The zero-order valence-electron chi connectivity index (χ0n) is 6.83. The van der Waals surface area contributed by atoms with Crippen molar-refractivity contribution in [1.82, 2.24) is 0 Å². The Bertz CT molecular complexity index is 323. The van der Waals surface area contributed by atoms with Gasteiger partial charge in [-0.3, -0.25) is 4.79 Å². The molecule has 0 fully saturated rings. The summed E-state index contributed by atoms with van der Waals surface area (Å²) in [5, 5.41) is 17.5. The van der Waals surface area contributed by atoms with E-state index in [-0.39, 0.29) is 18.6 Å². The molecule has 3 nitrogen and oxygen atoms in total. The molecule has 70 valence electrons. The third-order valence-corrected chi connectivity index (χ3v) is 1.66. The van der Waals surface area contributed by atoms with Gasteiger partial charge in [-0.2, -0.15) is 0 Å². The van der Waals surface area contributed by atoms with Crippen molar-refractivity contribution in [3.8, 4) is 5.75 Å². The van der Waals surface area contributed by atoms with Crippen molar-refractivity contribution in [3.05, 3.63) is 29.6 Å². The van der Waals surface area contributed by atoms with Crippen LogP contribution in [-0.2, 0) is 11.2 Å². The maximum atomic E-state index is 12.5. The minimum absolute atomic E-state index is 0.0702. The number of phenols is 1. The topological polar surface area (TPSA) is 57.5 Å². The predicted molar refractivity (Wildman–Crippen MR) is 44.0 cm³/mol. The molecule has 0 aliphatic heterocycles. The summed E-state index contributed by atoms with van der Waals surface area (Å²) in [5.41, 5.74) is 0.448. The molecule has 0 spiro atoms. The number of hydrogen-bond acceptors (Lipinski definition) is 2. The molecule has 0 unspecified atom stereocenters. The van der Waals surface area contributed by atoms with E-state index < -0.39 is 11.8 Å². The van der Waals surface area contributed by atoms with Crippen LogP contribution in [-0.4, -0.2) is 16.2 Å². The van der Waals surface area contributed by atoms with Crippen molar-refractivity contribution >= 4 is 5.97 Å². The minimum atomic E-state index is -0.941. The van der Waals surface area contributed by atoms with Gasteiger partial charge in [0.05, 0.1) is 0 Å². The molecule has 1 aromatic carbocycles. The molecule has 1 aromatic rings. The highest BCUT2D eigenvalue weighted by atomic mass is 19.1. The van der Waals surface area contributed by atoms with Crippen LogP contribution in [0.3, 0.4) is 0 Å². The van der Waals surface area contributed by atoms with Gasteiger partial charge in [-0.05, 0) is 18.1 Å². The largest absolute Gasteiger partial charge is 0.508 e. The van der Waals surface area contributed by atoms with E-state index >= 15 is 0 Å². The van der Waals surface area contributed by atoms with Crippen LogP contribution in [0.25, 0.3) is 0 Å². The van der Waals surface area contributed by atoms with E-state index in [0.717, 1.165) is 6.07 Å². The van der Waals surface area contributed by atoms with E-state index in [1.54, 1.807) is 0 Å². The standard InChI is InChI=1S/C9H9FO3/c10-7-3-1-6(8(11)5-7)2-4-9(12)13/h1,3,5,11H,2,4H2,(H,12,13). The molecule has 1 rings (SSSR count). The molecule has 0 heterocycles. The van der Waals surface area contributed by atoms with Gasteiger partial charge in [0.1, 0.15) is 11.6 Å². The number of rotatable bonds is 3. The Morgan fingerprint density at radius 1 is 1.46 bits per heavy atom. The Labute approximate surface area is 74.4 Å². The van der Waals surface area contributed by atoms with Gasteiger partial charge in [-0.15, -0.1) is 0 Å². The number of aryl methyl sites for hydroxylation is 1. The van der Waals surface area contributed by atoms with Crippen molar-refractivity contribution in [3.63, 3.8) is 0 Å². The first-order valence-electron chi connectivity index (χ1n) is 3.79. The Morgan fingerprint density at radius 3 is 2.69 bits per heavy atom. The van der Waals surface area contributed by atoms with Crippen LogP contribution in [0, 0.1) is 5.82 Å². The average Bonchev–Trinajstić information content (AvgIpc) is 2.02. The molecule has 0 radical (unpaired) electrons. The number of benzene rings is 1. The monoisotopic (exact) mass is 184 g/mol. The quantitative estimate of drug-likeness (QED) is 0.749. The highest BCUT2D eigenvalue weighted by molar-refractivity contribution is 5.67. The maximum absolute atomic E-state index is 12.5. The van der Waals surface area contributed by atoms with Crippen LogP contribution < -0.4 is 0 Å². The van der Waals surface area contributed by atoms with Crippen LogP contribution in [0.15, 0.2) is 18.2 Å². The first-order valence-corrected chi connectivity index (χ1v) is 3.79. The van der Waals surface area contributed by atoms with Crippen LogP contribution in [0.1, 0.15) is 12.0 Å². The van der Waals surface area contributed by atoms with E-state index in [1.807, 2.05) is 0 Å². The minimum Gasteiger partial charge on any atom is -0.508 e. The SMILES string of the molecule is O=C(O)CCc1ccc(F)cc1O. The molecule has 0 amide bonds. The lowest BCUT2D eigenvalue weighted by atomic mass is 10.1. The van der Waals surface area contributed by atoms with Crippen molar-refractivity contribution in [2.45, 2.75) is 12.8 Å². The van der Waals surface area contributed by atoms with Gasteiger partial charge in [0.2, 0.25) is 0 Å². The smallest absolute Gasteiger partial charge is 0.303 e. The van der Waals surface area contributed by atoms with Crippen molar-refractivity contribution in [2.75, 3.05) is 0 Å². The van der Waals surface area contributed by atoms with Gasteiger partial charge in [-0.1, -0.05) is 6.07 Å². The number of aliphatic carboxylic acids is 1. The summed E-state index contributed by atoms with van der Waals surface area (Å²) < 4.78 is 12.5. The third kappa shape index (κ3) is 2.74. The summed E-state index contributed by atoms with van der Waals surface area (Å²) in [6.07, 6.45) is 0.140. The number of aromatic hydroxyl groups is 1. The Balaban J connectivity index is 2.72. The van der Waals surface area contributed by atoms with Gasteiger partial charge in [0, 0.05) is 12.5 Å². The second-order valence-corrected chi connectivity index (χ2v) is 2.67. The van der Waals surface area contributed by atoms with E-state index in [0.29, 0.717) is 5.56 Å². The van der Waals surface area contributed by atoms with Crippen LogP contribution >= 0.6 is 0 Å². The summed E-state index contributed by atoms with van der Waals surface area (Å²) in [6, 6.07) is 3.54. The maximum Gasteiger partial charge on any atom is 0.303 e. The molecule has 0 saturated heterocycles. The normalized spacial score (nSPS) is 9.92. The Hall–Kier alpha value is -1.58. The van der Waals surface area contributed by atoms with E-state index in [2.05, 4.69) is 0 Å². The summed E-state index contributed by atoms with van der Waals surface area (Å²) in [7, 11) is 0. The lowest BCUT2D eigenvalue weighted by molar-refractivity contribution is -0.136. The first kappa shape index (κ1) is 9.51. The molecule has 0 atom stereocenters. The third-order valence-electron chi connectivity index (χ3n) is 1.66. The summed E-state index contributed by atoms with van der Waals surface area (Å²) in [6.45, 7) is 0. The van der Waals surface area contributed by atoms with Crippen LogP contribution in [0.5, 0.6) is 5.75 Å². The molecular weight excluding hydrogens is 175 g/mol. The molecule has 0 saturated carbocycles. The fourth-order valence-electron chi connectivity index (χ4n) is 0.990. The fourth-order valence-corrected chi connectivity index (χ4v) is 0.990. The molecule has 0 bridgehead atoms. The fraction of sp³-hybridized carbons (Fsp3) is 0.222. The average molecular weight is 184 g/mol. The van der Waals surface area contributed by atoms with E-state index in [1.165, 1.54) is 12.1 Å². The van der Waals surface area contributed by atoms with Crippen molar-refractivity contribution in [1.29, 1.82) is 0 Å². The van der Waals surface area contributed by atoms with Gasteiger partial charge in [0.25, 0.3) is 0 Å². The molecule has 13 heavy (non-hydrogen) atoms. The molecular formula is C9H9FO3. The number of halogens is 1. The highest BCUT2D eigenvalue weighted by Crippen LogP contribution is 2.19. The molecule has 0 aromatic heterocycles. The predicted octanol–water partition coefficient (Wildman–Crippen LogP) is 1.55. The molecule has 0 aliphatic carbocycles. The van der Waals surface area contributed by atoms with Gasteiger partial charge in [-0.25, -0.2) is 4.39 Å². The van der Waals surface area contributed by atoms with Crippen molar-refractivity contribution in [2.24, 2.45) is 0 Å². The van der Waals surface area contributed by atoms with Crippen LogP contribution in [0.2, 0.25) is 0 Å². The number of carbonyl (C=O) groups is 1. The lowest BCUT2D eigenvalue weighted by Crippen LogP contribution is -1.97. The number of carboxylic acid groups (broad SMARTS) is 1. The summed E-state index contributed by atoms with van der Waals surface area (Å²) in [5.74, 6) is -1.67. The Kier molecular flexibility index (Phi) is 2.84. The highest BCUT2D eigenvalue weighted by Gasteiger charge is 2.04. The molecule has 4 heteroatoms.